The van der Waals surface area contributed by atoms with Crippen molar-refractivity contribution >= 4 is 10.0 Å². The Morgan fingerprint density at radius 1 is 1.11 bits per heavy atom. The van der Waals surface area contributed by atoms with Gasteiger partial charge in [-0.2, -0.15) is 0 Å². The molecule has 0 saturated heterocycles. The van der Waals surface area contributed by atoms with Crippen molar-refractivity contribution in [2.75, 3.05) is 19.8 Å². The lowest BCUT2D eigenvalue weighted by atomic mass is 10.00. The summed E-state index contributed by atoms with van der Waals surface area (Å²) in [4.78, 5) is 0. The first-order valence-electron chi connectivity index (χ1n) is 5.99. The fourth-order valence-electron chi connectivity index (χ4n) is 1.60. The van der Waals surface area contributed by atoms with Gasteiger partial charge in [0.1, 0.15) is 0 Å². The van der Waals surface area contributed by atoms with Gasteiger partial charge in [0.25, 0.3) is 0 Å². The first-order chi connectivity index (χ1) is 8.24. The number of rotatable bonds is 5. The normalized spacial score (nSPS) is 14.2. The van der Waals surface area contributed by atoms with E-state index in [0.717, 1.165) is 5.56 Å². The first-order valence-corrected chi connectivity index (χ1v) is 7.60. The molecule has 0 saturated carbocycles. The zero-order chi connectivity index (χ0) is 13.9. The van der Waals surface area contributed by atoms with Crippen LogP contribution < -0.4 is 5.73 Å². The van der Waals surface area contributed by atoms with Crippen LogP contribution in [0.4, 0.5) is 0 Å². The Morgan fingerprint density at radius 2 is 1.56 bits per heavy atom. The predicted molar refractivity (Wildman–Crippen MR) is 74.9 cm³/mol. The van der Waals surface area contributed by atoms with Crippen molar-refractivity contribution in [1.29, 1.82) is 0 Å². The molecular weight excluding hydrogens is 248 g/mol. The standard InChI is InChI=1S/C13H22N2O2S/c1-10(2)11-5-7-12(8-6-11)13(14)9-18(16,17)15(3)4/h5-8,10,13H,9,14H2,1-4H3. The maximum absolute atomic E-state index is 11.7. The van der Waals surface area contributed by atoms with Gasteiger partial charge in [0.15, 0.2) is 0 Å². The van der Waals surface area contributed by atoms with E-state index in [9.17, 15) is 8.42 Å². The lowest BCUT2D eigenvalue weighted by molar-refractivity contribution is 0.515. The van der Waals surface area contributed by atoms with E-state index < -0.39 is 16.1 Å². The molecule has 4 nitrogen and oxygen atoms in total. The number of nitrogens with zero attached hydrogens (tertiary/aromatic N) is 1. The summed E-state index contributed by atoms with van der Waals surface area (Å²) in [6.45, 7) is 4.23. The van der Waals surface area contributed by atoms with E-state index in [0.29, 0.717) is 5.92 Å². The smallest absolute Gasteiger partial charge is 0.215 e. The SMILES string of the molecule is CC(C)c1ccc(C(N)CS(=O)(=O)N(C)C)cc1. The Labute approximate surface area is 110 Å². The van der Waals surface area contributed by atoms with Crippen LogP contribution >= 0.6 is 0 Å². The largest absolute Gasteiger partial charge is 0.323 e. The molecule has 1 unspecified atom stereocenters. The second kappa shape index (κ2) is 5.82. The van der Waals surface area contributed by atoms with Crippen molar-refractivity contribution in [3.05, 3.63) is 35.4 Å². The second-order valence-corrected chi connectivity index (χ2v) is 7.22. The molecule has 0 bridgehead atoms. The second-order valence-electron chi connectivity index (χ2n) is 4.99. The van der Waals surface area contributed by atoms with Crippen molar-refractivity contribution in [2.45, 2.75) is 25.8 Å². The van der Waals surface area contributed by atoms with Gasteiger partial charge < -0.3 is 5.73 Å². The quantitative estimate of drug-likeness (QED) is 0.885. The first kappa shape index (κ1) is 15.1. The van der Waals surface area contributed by atoms with Gasteiger partial charge in [-0.15, -0.1) is 0 Å². The summed E-state index contributed by atoms with van der Waals surface area (Å²) >= 11 is 0. The average molecular weight is 270 g/mol. The number of benzene rings is 1. The molecule has 0 aliphatic carbocycles. The lowest BCUT2D eigenvalue weighted by Crippen LogP contribution is -2.31. The molecule has 2 N–H and O–H groups in total. The summed E-state index contributed by atoms with van der Waals surface area (Å²) < 4.78 is 24.7. The van der Waals surface area contributed by atoms with Crippen molar-refractivity contribution in [3.63, 3.8) is 0 Å². The molecule has 0 radical (unpaired) electrons. The summed E-state index contributed by atoms with van der Waals surface area (Å²) in [5.74, 6) is 0.391. The van der Waals surface area contributed by atoms with Crippen molar-refractivity contribution < 1.29 is 8.42 Å². The van der Waals surface area contributed by atoms with E-state index in [2.05, 4.69) is 13.8 Å². The van der Waals surface area contributed by atoms with Gasteiger partial charge in [0.05, 0.1) is 5.75 Å². The van der Waals surface area contributed by atoms with Crippen LogP contribution in [0, 0.1) is 0 Å². The van der Waals surface area contributed by atoms with Gasteiger partial charge in [-0.1, -0.05) is 38.1 Å². The lowest BCUT2D eigenvalue weighted by Gasteiger charge is -2.17. The van der Waals surface area contributed by atoms with Gasteiger partial charge >= 0.3 is 0 Å². The Balaban J connectivity index is 2.82. The Bertz CT molecular complexity index is 478. The number of nitrogens with two attached hydrogens (primary N) is 1. The van der Waals surface area contributed by atoms with Crippen LogP contribution in [0.2, 0.25) is 0 Å². The van der Waals surface area contributed by atoms with Crippen LogP contribution in [0.1, 0.15) is 36.9 Å². The van der Waals surface area contributed by atoms with E-state index in [4.69, 9.17) is 5.73 Å². The highest BCUT2D eigenvalue weighted by Gasteiger charge is 2.19. The minimum absolute atomic E-state index is 0.0684. The highest BCUT2D eigenvalue weighted by Crippen LogP contribution is 2.19. The summed E-state index contributed by atoms with van der Waals surface area (Å²) in [6.07, 6.45) is 0. The molecule has 5 heteroatoms. The summed E-state index contributed by atoms with van der Waals surface area (Å²) in [5.41, 5.74) is 8.01. The topological polar surface area (TPSA) is 63.4 Å². The van der Waals surface area contributed by atoms with Crippen LogP contribution in [0.15, 0.2) is 24.3 Å². The van der Waals surface area contributed by atoms with Gasteiger partial charge in [-0.3, -0.25) is 0 Å². The molecule has 0 aliphatic rings. The number of hydrogen-bond acceptors (Lipinski definition) is 3. The van der Waals surface area contributed by atoms with Gasteiger partial charge in [0, 0.05) is 20.1 Å². The molecule has 1 rings (SSSR count). The van der Waals surface area contributed by atoms with Crippen molar-refractivity contribution in [3.8, 4) is 0 Å². The van der Waals surface area contributed by atoms with E-state index in [1.165, 1.54) is 24.0 Å². The third-order valence-corrected chi connectivity index (χ3v) is 4.87. The monoisotopic (exact) mass is 270 g/mol. The third kappa shape index (κ3) is 3.80. The van der Waals surface area contributed by atoms with Crippen LogP contribution in [0.3, 0.4) is 0 Å². The fraction of sp³-hybridized carbons (Fsp3) is 0.538. The molecule has 0 heterocycles. The van der Waals surface area contributed by atoms with Crippen LogP contribution in [-0.4, -0.2) is 32.6 Å². The van der Waals surface area contributed by atoms with Crippen molar-refractivity contribution in [2.24, 2.45) is 5.73 Å². The molecule has 0 fully saturated rings. The molecule has 0 aliphatic heterocycles. The van der Waals surface area contributed by atoms with Crippen LogP contribution in [-0.2, 0) is 10.0 Å². The molecule has 0 aromatic heterocycles. The maximum atomic E-state index is 11.7. The molecule has 18 heavy (non-hydrogen) atoms. The van der Waals surface area contributed by atoms with Gasteiger partial charge in [-0.05, 0) is 17.0 Å². The number of sulfonamides is 1. The molecule has 0 spiro atoms. The van der Waals surface area contributed by atoms with Crippen LogP contribution in [0.5, 0.6) is 0 Å². The minimum atomic E-state index is -3.26. The van der Waals surface area contributed by atoms with E-state index in [-0.39, 0.29) is 5.75 Å². The molecule has 1 aromatic carbocycles. The number of hydrogen-bond donors (Lipinski definition) is 1. The Kier molecular flexibility index (Phi) is 4.90. The Morgan fingerprint density at radius 3 is 1.94 bits per heavy atom. The molecular formula is C13H22N2O2S. The summed E-state index contributed by atoms with van der Waals surface area (Å²) in [7, 11) is -0.228. The predicted octanol–water partition coefficient (Wildman–Crippen LogP) is 1.70. The highest BCUT2D eigenvalue weighted by molar-refractivity contribution is 7.89. The maximum Gasteiger partial charge on any atom is 0.215 e. The van der Waals surface area contributed by atoms with Crippen LogP contribution in [0.25, 0.3) is 0 Å². The summed E-state index contributed by atoms with van der Waals surface area (Å²) in [6, 6.07) is 7.33. The fourth-order valence-corrected chi connectivity index (χ4v) is 2.54. The molecule has 1 atom stereocenters. The van der Waals surface area contributed by atoms with Crippen molar-refractivity contribution in [1.82, 2.24) is 4.31 Å². The van der Waals surface area contributed by atoms with Gasteiger partial charge in [-0.25, -0.2) is 12.7 Å². The molecule has 1 aromatic rings. The minimum Gasteiger partial charge on any atom is -0.323 e. The van der Waals surface area contributed by atoms with E-state index in [1.807, 2.05) is 24.3 Å². The average Bonchev–Trinajstić information content (AvgIpc) is 2.28. The molecule has 0 amide bonds. The summed E-state index contributed by atoms with van der Waals surface area (Å²) in [5, 5.41) is 0. The zero-order valence-electron chi connectivity index (χ0n) is 11.4. The van der Waals surface area contributed by atoms with E-state index in [1.54, 1.807) is 0 Å². The van der Waals surface area contributed by atoms with E-state index >= 15 is 0 Å². The third-order valence-electron chi connectivity index (χ3n) is 2.98. The van der Waals surface area contributed by atoms with Gasteiger partial charge in [0.2, 0.25) is 10.0 Å². The Hall–Kier alpha value is -0.910. The zero-order valence-corrected chi connectivity index (χ0v) is 12.2. The highest BCUT2D eigenvalue weighted by atomic mass is 32.2. The molecule has 102 valence electrons.